The fraction of sp³-hybridized carbons (Fsp3) is 0.321. The number of carbonyl (C=O) groups is 2. The van der Waals surface area contributed by atoms with Crippen molar-refractivity contribution in [3.63, 3.8) is 0 Å². The Kier molecular flexibility index (Phi) is 7.43. The van der Waals surface area contributed by atoms with Crippen molar-refractivity contribution >= 4 is 28.6 Å². The SMILES string of the molecule is CCCCCn1c(=NC(=O)c2cc(C)cc(C)c2)c(C(=O)OCC)cc2c(=O)n3ccccc3nc21. The molecule has 36 heavy (non-hydrogen) atoms. The minimum absolute atomic E-state index is 0.0633. The molecule has 0 radical (unpaired) electrons. The molecule has 0 spiro atoms. The van der Waals surface area contributed by atoms with Gasteiger partial charge in [0.2, 0.25) is 0 Å². The fourth-order valence-electron chi connectivity index (χ4n) is 4.35. The number of pyridine rings is 2. The monoisotopic (exact) mass is 486 g/mol. The Hall–Kier alpha value is -4.07. The first-order valence-electron chi connectivity index (χ1n) is 12.2. The van der Waals surface area contributed by atoms with E-state index in [2.05, 4.69) is 11.9 Å². The second-order valence-electron chi connectivity index (χ2n) is 8.84. The number of amides is 1. The van der Waals surface area contributed by atoms with Crippen molar-refractivity contribution in [2.24, 2.45) is 4.99 Å². The van der Waals surface area contributed by atoms with Gasteiger partial charge in [-0.05, 0) is 57.5 Å². The average Bonchev–Trinajstić information content (AvgIpc) is 2.85. The molecule has 0 saturated heterocycles. The molecule has 3 aromatic heterocycles. The van der Waals surface area contributed by atoms with Crippen LogP contribution in [0.15, 0.2) is 58.4 Å². The van der Waals surface area contributed by atoms with E-state index in [-0.39, 0.29) is 28.6 Å². The van der Waals surface area contributed by atoms with E-state index in [0.29, 0.717) is 23.4 Å². The lowest BCUT2D eigenvalue weighted by Gasteiger charge is -2.15. The van der Waals surface area contributed by atoms with Crippen LogP contribution in [-0.2, 0) is 11.3 Å². The highest BCUT2D eigenvalue weighted by molar-refractivity contribution is 5.97. The molecule has 8 heteroatoms. The smallest absolute Gasteiger partial charge is 0.341 e. The Morgan fingerprint density at radius 1 is 1.03 bits per heavy atom. The standard InChI is InChI=1S/C28H30N4O4/c1-5-7-9-13-32-24-21(27(34)31-12-10-8-11-23(31)29-24)17-22(28(35)36-6-2)25(32)30-26(33)20-15-18(3)14-19(4)16-20/h8,10-12,14-17H,5-7,9,13H2,1-4H3. The van der Waals surface area contributed by atoms with Crippen LogP contribution < -0.4 is 11.0 Å². The van der Waals surface area contributed by atoms with Crippen molar-refractivity contribution < 1.29 is 14.3 Å². The van der Waals surface area contributed by atoms with Crippen LogP contribution in [0.25, 0.3) is 16.7 Å². The van der Waals surface area contributed by atoms with Crippen molar-refractivity contribution in [1.82, 2.24) is 14.0 Å². The van der Waals surface area contributed by atoms with Crippen LogP contribution in [-0.4, -0.2) is 32.4 Å². The highest BCUT2D eigenvalue weighted by Gasteiger charge is 2.20. The van der Waals surface area contributed by atoms with E-state index in [0.717, 1.165) is 30.4 Å². The summed E-state index contributed by atoms with van der Waals surface area (Å²) in [4.78, 5) is 48.9. The molecule has 0 aliphatic carbocycles. The molecule has 0 aliphatic heterocycles. The van der Waals surface area contributed by atoms with E-state index in [1.807, 2.05) is 19.9 Å². The molecule has 0 unspecified atom stereocenters. The summed E-state index contributed by atoms with van der Waals surface area (Å²) >= 11 is 0. The minimum atomic E-state index is -0.645. The molecule has 0 saturated carbocycles. The average molecular weight is 487 g/mol. The first kappa shape index (κ1) is 25.0. The number of hydrogen-bond acceptors (Lipinski definition) is 5. The van der Waals surface area contributed by atoms with Gasteiger partial charge >= 0.3 is 5.97 Å². The van der Waals surface area contributed by atoms with Gasteiger partial charge in [-0.15, -0.1) is 0 Å². The minimum Gasteiger partial charge on any atom is -0.462 e. The molecular weight excluding hydrogens is 456 g/mol. The molecular formula is C28H30N4O4. The maximum Gasteiger partial charge on any atom is 0.341 e. The van der Waals surface area contributed by atoms with Crippen LogP contribution in [0, 0.1) is 13.8 Å². The normalized spacial score (nSPS) is 11.8. The van der Waals surface area contributed by atoms with Gasteiger partial charge in [-0.25, -0.2) is 9.78 Å². The first-order valence-corrected chi connectivity index (χ1v) is 12.2. The molecule has 186 valence electrons. The summed E-state index contributed by atoms with van der Waals surface area (Å²) in [5.41, 5.74) is 3.05. The van der Waals surface area contributed by atoms with Gasteiger partial charge in [0.1, 0.15) is 16.9 Å². The van der Waals surface area contributed by atoms with Gasteiger partial charge in [-0.3, -0.25) is 14.0 Å². The summed E-state index contributed by atoms with van der Waals surface area (Å²) in [6.45, 7) is 8.20. The van der Waals surface area contributed by atoms with Gasteiger partial charge in [0, 0.05) is 18.3 Å². The van der Waals surface area contributed by atoms with E-state index < -0.39 is 11.9 Å². The van der Waals surface area contributed by atoms with E-state index in [1.165, 1.54) is 10.5 Å². The molecule has 0 atom stereocenters. The van der Waals surface area contributed by atoms with Crippen molar-refractivity contribution in [2.45, 2.75) is 53.5 Å². The van der Waals surface area contributed by atoms with E-state index in [9.17, 15) is 14.4 Å². The highest BCUT2D eigenvalue weighted by Crippen LogP contribution is 2.14. The quantitative estimate of drug-likeness (QED) is 0.220. The van der Waals surface area contributed by atoms with E-state index >= 15 is 0 Å². The zero-order chi connectivity index (χ0) is 25.8. The predicted octanol–water partition coefficient (Wildman–Crippen LogP) is 4.37. The number of carbonyl (C=O) groups excluding carboxylic acids is 2. The maximum absolute atomic E-state index is 13.4. The van der Waals surface area contributed by atoms with E-state index in [1.54, 1.807) is 48.0 Å². The topological polar surface area (TPSA) is 95.0 Å². The fourth-order valence-corrected chi connectivity index (χ4v) is 4.35. The van der Waals surface area contributed by atoms with Crippen molar-refractivity contribution in [2.75, 3.05) is 6.61 Å². The highest BCUT2D eigenvalue weighted by atomic mass is 16.5. The molecule has 1 aromatic carbocycles. The Balaban J connectivity index is 2.09. The number of aryl methyl sites for hydroxylation is 3. The Labute approximate surface area is 208 Å². The molecule has 8 nitrogen and oxygen atoms in total. The number of ether oxygens (including phenoxy) is 1. The third kappa shape index (κ3) is 4.98. The second-order valence-corrected chi connectivity index (χ2v) is 8.84. The molecule has 1 amide bonds. The number of benzene rings is 1. The van der Waals surface area contributed by atoms with E-state index in [4.69, 9.17) is 9.72 Å². The van der Waals surface area contributed by atoms with Gasteiger partial charge < -0.3 is 9.30 Å². The lowest BCUT2D eigenvalue weighted by molar-refractivity contribution is 0.0523. The summed E-state index contributed by atoms with van der Waals surface area (Å²) in [7, 11) is 0. The number of aromatic nitrogens is 3. The maximum atomic E-state index is 13.4. The number of hydrogen-bond donors (Lipinski definition) is 0. The van der Waals surface area contributed by atoms with Crippen molar-refractivity contribution in [1.29, 1.82) is 0 Å². The van der Waals surface area contributed by atoms with Gasteiger partial charge in [-0.2, -0.15) is 4.99 Å². The summed E-state index contributed by atoms with van der Waals surface area (Å²) in [6.07, 6.45) is 4.30. The van der Waals surface area contributed by atoms with Crippen LogP contribution in [0.2, 0.25) is 0 Å². The third-order valence-electron chi connectivity index (χ3n) is 5.95. The number of unbranched alkanes of at least 4 members (excludes halogenated alkanes) is 2. The number of rotatable bonds is 7. The Bertz CT molecular complexity index is 1580. The second kappa shape index (κ2) is 10.7. The molecule has 0 bridgehead atoms. The summed E-state index contributed by atoms with van der Waals surface area (Å²) in [5, 5.41) is 0.260. The molecule has 3 heterocycles. The number of fused-ring (bicyclic) bond motifs is 2. The van der Waals surface area contributed by atoms with Crippen molar-refractivity contribution in [3.05, 3.63) is 86.8 Å². The Morgan fingerprint density at radius 2 is 1.78 bits per heavy atom. The number of esters is 1. The summed E-state index contributed by atoms with van der Waals surface area (Å²) in [6, 6.07) is 12.3. The van der Waals surface area contributed by atoms with Crippen LogP contribution >= 0.6 is 0 Å². The zero-order valence-electron chi connectivity index (χ0n) is 21.1. The molecule has 0 aliphatic rings. The third-order valence-corrected chi connectivity index (χ3v) is 5.95. The first-order chi connectivity index (χ1) is 17.3. The van der Waals surface area contributed by atoms with Crippen LogP contribution in [0.3, 0.4) is 0 Å². The lowest BCUT2D eigenvalue weighted by atomic mass is 10.1. The molecule has 0 N–H and O–H groups in total. The molecule has 0 fully saturated rings. The van der Waals surface area contributed by atoms with Crippen LogP contribution in [0.1, 0.15) is 65.0 Å². The van der Waals surface area contributed by atoms with Gasteiger partial charge in [0.25, 0.3) is 11.5 Å². The Morgan fingerprint density at radius 3 is 2.47 bits per heavy atom. The zero-order valence-corrected chi connectivity index (χ0v) is 21.1. The lowest BCUT2D eigenvalue weighted by Crippen LogP contribution is -2.33. The van der Waals surface area contributed by atoms with Crippen LogP contribution in [0.4, 0.5) is 0 Å². The van der Waals surface area contributed by atoms with Crippen LogP contribution in [0.5, 0.6) is 0 Å². The van der Waals surface area contributed by atoms with Gasteiger partial charge in [-0.1, -0.05) is 43.0 Å². The van der Waals surface area contributed by atoms with Gasteiger partial charge in [0.15, 0.2) is 5.49 Å². The largest absolute Gasteiger partial charge is 0.462 e. The summed E-state index contributed by atoms with van der Waals surface area (Å²) in [5.74, 6) is -1.12. The van der Waals surface area contributed by atoms with Gasteiger partial charge in [0.05, 0.1) is 12.0 Å². The molecule has 4 aromatic rings. The molecule has 4 rings (SSSR count). The summed E-state index contributed by atoms with van der Waals surface area (Å²) < 4.78 is 8.45. The number of nitrogens with zero attached hydrogens (tertiary/aromatic N) is 4. The van der Waals surface area contributed by atoms with Crippen molar-refractivity contribution in [3.8, 4) is 0 Å². The predicted molar refractivity (Wildman–Crippen MR) is 138 cm³/mol.